The minimum atomic E-state index is -0.0785. The number of aryl methyl sites for hydroxylation is 2. The van der Waals surface area contributed by atoms with Gasteiger partial charge in [-0.2, -0.15) is 5.10 Å². The molecule has 0 aliphatic rings. The number of carbonyl (C=O) groups is 1. The highest BCUT2D eigenvalue weighted by Crippen LogP contribution is 2.25. The molecule has 26 heavy (non-hydrogen) atoms. The molecule has 0 aromatic carbocycles. The highest BCUT2D eigenvalue weighted by Gasteiger charge is 2.17. The number of rotatable bonds is 5. The van der Waals surface area contributed by atoms with E-state index in [2.05, 4.69) is 20.1 Å². The van der Waals surface area contributed by atoms with Gasteiger partial charge in [0.15, 0.2) is 11.4 Å². The van der Waals surface area contributed by atoms with Crippen LogP contribution in [-0.4, -0.2) is 30.3 Å². The number of hydrogen-bond acceptors (Lipinski definition) is 7. The Bertz CT molecular complexity index is 1100. The van der Waals surface area contributed by atoms with Crippen LogP contribution in [0.3, 0.4) is 0 Å². The van der Waals surface area contributed by atoms with Crippen molar-refractivity contribution in [2.75, 3.05) is 0 Å². The number of ketones is 1. The van der Waals surface area contributed by atoms with Gasteiger partial charge < -0.3 is 4.74 Å². The van der Waals surface area contributed by atoms with Gasteiger partial charge in [-0.3, -0.25) is 9.78 Å². The first kappa shape index (κ1) is 16.3. The molecule has 0 fully saturated rings. The monoisotopic (exact) mass is 365 g/mol. The van der Waals surface area contributed by atoms with Gasteiger partial charge >= 0.3 is 0 Å². The summed E-state index contributed by atoms with van der Waals surface area (Å²) in [6.07, 6.45) is 6.69. The fraction of sp³-hybridized carbons (Fsp3) is 0.167. The first-order chi connectivity index (χ1) is 12.6. The first-order valence-corrected chi connectivity index (χ1v) is 8.83. The Morgan fingerprint density at radius 3 is 2.88 bits per heavy atom. The van der Waals surface area contributed by atoms with E-state index in [0.717, 1.165) is 16.3 Å². The van der Waals surface area contributed by atoms with Gasteiger partial charge in [0.05, 0.1) is 24.4 Å². The second-order valence-corrected chi connectivity index (χ2v) is 6.84. The van der Waals surface area contributed by atoms with Crippen molar-refractivity contribution in [2.24, 2.45) is 0 Å². The fourth-order valence-electron chi connectivity index (χ4n) is 2.60. The summed E-state index contributed by atoms with van der Waals surface area (Å²) in [4.78, 5) is 25.5. The molecular formula is C18H15N5O2S. The second-order valence-electron chi connectivity index (χ2n) is 5.90. The Labute approximate surface area is 153 Å². The van der Waals surface area contributed by atoms with E-state index in [1.807, 2.05) is 25.3 Å². The molecule has 4 heterocycles. The average molecular weight is 365 g/mol. The van der Waals surface area contributed by atoms with Crippen LogP contribution >= 0.6 is 11.3 Å². The molecule has 0 bridgehead atoms. The lowest BCUT2D eigenvalue weighted by atomic mass is 10.1. The molecule has 0 atom stereocenters. The van der Waals surface area contributed by atoms with E-state index < -0.39 is 0 Å². The summed E-state index contributed by atoms with van der Waals surface area (Å²) < 4.78 is 7.41. The quantitative estimate of drug-likeness (QED) is 0.504. The fourth-order valence-corrected chi connectivity index (χ4v) is 3.37. The van der Waals surface area contributed by atoms with Crippen molar-refractivity contribution in [3.63, 3.8) is 0 Å². The standard InChI is InChI=1S/C18H15N5O2S/c1-11-3-13(7-19-6-11)25-14-4-15(18-20-10-21-23(18)8-14)16(24)5-17-22-12(2)9-26-17/h3-4,6-10H,5H2,1-2H3. The van der Waals surface area contributed by atoms with Crippen LogP contribution in [0.4, 0.5) is 0 Å². The summed E-state index contributed by atoms with van der Waals surface area (Å²) in [6.45, 7) is 3.84. The predicted molar refractivity (Wildman–Crippen MR) is 96.9 cm³/mol. The minimum Gasteiger partial charge on any atom is -0.454 e. The number of Topliss-reactive ketones (excluding diaryl/α,β-unsaturated/α-hetero) is 1. The van der Waals surface area contributed by atoms with Crippen LogP contribution in [0.15, 0.2) is 42.4 Å². The Balaban J connectivity index is 1.69. The Morgan fingerprint density at radius 2 is 2.12 bits per heavy atom. The summed E-state index contributed by atoms with van der Waals surface area (Å²) in [5.74, 6) is 1.01. The van der Waals surface area contributed by atoms with E-state index in [1.54, 1.807) is 29.2 Å². The third-order valence-electron chi connectivity index (χ3n) is 3.71. The molecule has 0 saturated heterocycles. The highest BCUT2D eigenvalue weighted by atomic mass is 32.1. The number of pyridine rings is 2. The van der Waals surface area contributed by atoms with Gasteiger partial charge in [0.25, 0.3) is 0 Å². The molecule has 0 N–H and O–H groups in total. The molecule has 7 nitrogen and oxygen atoms in total. The van der Waals surface area contributed by atoms with E-state index in [9.17, 15) is 4.79 Å². The Kier molecular flexibility index (Phi) is 4.18. The number of fused-ring (bicyclic) bond motifs is 1. The Hall–Kier alpha value is -3.13. The molecule has 4 rings (SSSR count). The topological polar surface area (TPSA) is 82.3 Å². The van der Waals surface area contributed by atoms with E-state index in [1.165, 1.54) is 17.7 Å². The number of aromatic nitrogens is 5. The van der Waals surface area contributed by atoms with Crippen molar-refractivity contribution < 1.29 is 9.53 Å². The van der Waals surface area contributed by atoms with Crippen molar-refractivity contribution >= 4 is 22.8 Å². The summed E-state index contributed by atoms with van der Waals surface area (Å²) >= 11 is 1.47. The minimum absolute atomic E-state index is 0.0785. The molecule has 0 spiro atoms. The summed E-state index contributed by atoms with van der Waals surface area (Å²) in [7, 11) is 0. The molecule has 4 aromatic heterocycles. The maximum absolute atomic E-state index is 12.8. The molecule has 0 aliphatic heterocycles. The van der Waals surface area contributed by atoms with Gasteiger partial charge in [-0.25, -0.2) is 14.5 Å². The van der Waals surface area contributed by atoms with Crippen LogP contribution in [-0.2, 0) is 6.42 Å². The van der Waals surface area contributed by atoms with Gasteiger partial charge in [0.1, 0.15) is 22.8 Å². The van der Waals surface area contributed by atoms with Crippen LogP contribution in [0.5, 0.6) is 11.5 Å². The molecule has 4 aromatic rings. The van der Waals surface area contributed by atoms with Crippen molar-refractivity contribution in [2.45, 2.75) is 20.3 Å². The van der Waals surface area contributed by atoms with E-state index in [0.29, 0.717) is 22.7 Å². The summed E-state index contributed by atoms with van der Waals surface area (Å²) in [5.41, 5.74) is 2.85. The van der Waals surface area contributed by atoms with Crippen LogP contribution in [0.1, 0.15) is 26.6 Å². The molecule has 130 valence electrons. The predicted octanol–water partition coefficient (Wildman–Crippen LogP) is 3.42. The molecule has 0 unspecified atom stereocenters. The van der Waals surface area contributed by atoms with E-state index >= 15 is 0 Å². The van der Waals surface area contributed by atoms with Gasteiger partial charge in [-0.1, -0.05) is 0 Å². The van der Waals surface area contributed by atoms with Crippen LogP contribution in [0.25, 0.3) is 5.65 Å². The lowest BCUT2D eigenvalue weighted by Gasteiger charge is -2.08. The zero-order chi connectivity index (χ0) is 18.1. The van der Waals surface area contributed by atoms with E-state index in [-0.39, 0.29) is 12.2 Å². The highest BCUT2D eigenvalue weighted by molar-refractivity contribution is 7.09. The number of ether oxygens (including phenoxy) is 1. The van der Waals surface area contributed by atoms with Crippen molar-refractivity contribution in [1.29, 1.82) is 0 Å². The lowest BCUT2D eigenvalue weighted by molar-refractivity contribution is 0.0993. The zero-order valence-electron chi connectivity index (χ0n) is 14.2. The second kappa shape index (κ2) is 6.64. The number of nitrogens with zero attached hydrogens (tertiary/aromatic N) is 5. The van der Waals surface area contributed by atoms with Crippen LogP contribution < -0.4 is 4.74 Å². The third kappa shape index (κ3) is 3.31. The van der Waals surface area contributed by atoms with Crippen molar-refractivity contribution in [1.82, 2.24) is 24.6 Å². The van der Waals surface area contributed by atoms with Crippen LogP contribution in [0.2, 0.25) is 0 Å². The maximum Gasteiger partial charge on any atom is 0.173 e. The molecule has 0 saturated carbocycles. The van der Waals surface area contributed by atoms with Crippen molar-refractivity contribution in [3.05, 3.63) is 64.3 Å². The largest absolute Gasteiger partial charge is 0.454 e. The molecule has 0 aliphatic carbocycles. The van der Waals surface area contributed by atoms with Crippen LogP contribution in [0, 0.1) is 13.8 Å². The smallest absolute Gasteiger partial charge is 0.173 e. The SMILES string of the molecule is Cc1cncc(Oc2cc(C(=O)Cc3nc(C)cs3)c3ncnn3c2)c1. The normalized spacial score (nSPS) is 11.0. The zero-order valence-corrected chi connectivity index (χ0v) is 15.0. The van der Waals surface area contributed by atoms with Crippen molar-refractivity contribution in [3.8, 4) is 11.5 Å². The Morgan fingerprint density at radius 1 is 1.23 bits per heavy atom. The van der Waals surface area contributed by atoms with Gasteiger partial charge in [0, 0.05) is 17.3 Å². The van der Waals surface area contributed by atoms with Gasteiger partial charge in [0.2, 0.25) is 0 Å². The number of thiazole rings is 1. The molecular weight excluding hydrogens is 350 g/mol. The van der Waals surface area contributed by atoms with E-state index in [4.69, 9.17) is 4.74 Å². The van der Waals surface area contributed by atoms with Gasteiger partial charge in [-0.05, 0) is 31.5 Å². The third-order valence-corrected chi connectivity index (χ3v) is 4.68. The lowest BCUT2D eigenvalue weighted by Crippen LogP contribution is -2.07. The average Bonchev–Trinajstić information content (AvgIpc) is 3.23. The van der Waals surface area contributed by atoms with Gasteiger partial charge in [-0.15, -0.1) is 11.3 Å². The molecule has 0 radical (unpaired) electrons. The molecule has 0 amide bonds. The summed E-state index contributed by atoms with van der Waals surface area (Å²) in [5, 5.41) is 6.84. The number of hydrogen-bond donors (Lipinski definition) is 0. The maximum atomic E-state index is 12.8. The molecule has 8 heteroatoms. The first-order valence-electron chi connectivity index (χ1n) is 7.95. The number of carbonyl (C=O) groups excluding carboxylic acids is 1. The summed E-state index contributed by atoms with van der Waals surface area (Å²) in [6, 6.07) is 3.56.